The van der Waals surface area contributed by atoms with E-state index in [0.717, 1.165) is 41.8 Å². The number of hydrogen-bond donors (Lipinski definition) is 1. The molecule has 1 heterocycles. The fourth-order valence-corrected chi connectivity index (χ4v) is 2.20. The third kappa shape index (κ3) is 2.26. The molecule has 0 radical (unpaired) electrons. The van der Waals surface area contributed by atoms with Gasteiger partial charge in [-0.05, 0) is 37.9 Å². The highest BCUT2D eigenvalue weighted by Gasteiger charge is 2.19. The smallest absolute Gasteiger partial charge is 0.231 e. The summed E-state index contributed by atoms with van der Waals surface area (Å²) in [6.45, 7) is 1.07. The zero-order valence-electron chi connectivity index (χ0n) is 8.46. The van der Waals surface area contributed by atoms with Crippen molar-refractivity contribution in [2.75, 3.05) is 13.3 Å². The SMILES string of the molecule is NCCCCc1c(Br)ccc2c1OCO2. The van der Waals surface area contributed by atoms with E-state index < -0.39 is 0 Å². The van der Waals surface area contributed by atoms with E-state index in [1.807, 2.05) is 12.1 Å². The molecule has 0 aromatic heterocycles. The van der Waals surface area contributed by atoms with E-state index in [1.54, 1.807) is 0 Å². The maximum absolute atomic E-state index is 5.48. The molecule has 0 amide bonds. The minimum absolute atomic E-state index is 0.329. The molecule has 1 aliphatic rings. The summed E-state index contributed by atoms with van der Waals surface area (Å²) in [6, 6.07) is 3.93. The van der Waals surface area contributed by atoms with Crippen molar-refractivity contribution in [2.24, 2.45) is 5.73 Å². The fourth-order valence-electron chi connectivity index (χ4n) is 1.69. The first-order chi connectivity index (χ1) is 7.33. The van der Waals surface area contributed by atoms with E-state index in [4.69, 9.17) is 15.2 Å². The van der Waals surface area contributed by atoms with Gasteiger partial charge >= 0.3 is 0 Å². The van der Waals surface area contributed by atoms with Crippen molar-refractivity contribution in [1.29, 1.82) is 0 Å². The topological polar surface area (TPSA) is 44.5 Å². The van der Waals surface area contributed by atoms with Gasteiger partial charge < -0.3 is 15.2 Å². The lowest BCUT2D eigenvalue weighted by Gasteiger charge is -2.07. The van der Waals surface area contributed by atoms with Gasteiger partial charge in [-0.3, -0.25) is 0 Å². The molecule has 0 spiro atoms. The average molecular weight is 272 g/mol. The molecule has 15 heavy (non-hydrogen) atoms. The number of benzene rings is 1. The first kappa shape index (κ1) is 10.8. The summed E-state index contributed by atoms with van der Waals surface area (Å²) >= 11 is 3.54. The Morgan fingerprint density at radius 2 is 2.13 bits per heavy atom. The largest absolute Gasteiger partial charge is 0.454 e. The lowest BCUT2D eigenvalue weighted by Crippen LogP contribution is -2.00. The first-order valence-electron chi connectivity index (χ1n) is 5.10. The third-order valence-corrected chi connectivity index (χ3v) is 3.21. The lowest BCUT2D eigenvalue weighted by molar-refractivity contribution is 0.173. The maximum Gasteiger partial charge on any atom is 0.231 e. The van der Waals surface area contributed by atoms with Gasteiger partial charge in [0.1, 0.15) is 0 Å². The molecule has 0 fully saturated rings. The summed E-state index contributed by atoms with van der Waals surface area (Å²) in [6.07, 6.45) is 3.09. The van der Waals surface area contributed by atoms with Gasteiger partial charge in [-0.15, -0.1) is 0 Å². The Kier molecular flexibility index (Phi) is 3.49. The molecule has 3 nitrogen and oxygen atoms in total. The van der Waals surface area contributed by atoms with Gasteiger partial charge in [0, 0.05) is 10.0 Å². The summed E-state index contributed by atoms with van der Waals surface area (Å²) in [7, 11) is 0. The molecule has 0 bridgehead atoms. The third-order valence-electron chi connectivity index (χ3n) is 2.47. The van der Waals surface area contributed by atoms with E-state index in [1.165, 1.54) is 5.56 Å². The van der Waals surface area contributed by atoms with Crippen LogP contribution in [0.3, 0.4) is 0 Å². The van der Waals surface area contributed by atoms with Gasteiger partial charge in [0.05, 0.1) is 0 Å². The number of fused-ring (bicyclic) bond motifs is 1. The highest BCUT2D eigenvalue weighted by atomic mass is 79.9. The van der Waals surface area contributed by atoms with Gasteiger partial charge in [0.15, 0.2) is 11.5 Å². The number of nitrogens with two attached hydrogens (primary N) is 1. The Morgan fingerprint density at radius 3 is 2.93 bits per heavy atom. The summed E-state index contributed by atoms with van der Waals surface area (Å²) in [4.78, 5) is 0. The van der Waals surface area contributed by atoms with E-state index in [9.17, 15) is 0 Å². The zero-order valence-corrected chi connectivity index (χ0v) is 10.0. The molecule has 0 unspecified atom stereocenters. The Morgan fingerprint density at radius 1 is 1.27 bits per heavy atom. The van der Waals surface area contributed by atoms with Crippen molar-refractivity contribution >= 4 is 15.9 Å². The van der Waals surface area contributed by atoms with Crippen LogP contribution in [0.1, 0.15) is 18.4 Å². The van der Waals surface area contributed by atoms with Gasteiger partial charge in [0.25, 0.3) is 0 Å². The van der Waals surface area contributed by atoms with Gasteiger partial charge in [-0.1, -0.05) is 15.9 Å². The van der Waals surface area contributed by atoms with Crippen molar-refractivity contribution in [1.82, 2.24) is 0 Å². The summed E-state index contributed by atoms with van der Waals surface area (Å²) in [5, 5.41) is 0. The quantitative estimate of drug-likeness (QED) is 0.856. The normalized spacial score (nSPS) is 13.2. The number of hydrogen-bond acceptors (Lipinski definition) is 3. The number of ether oxygens (including phenoxy) is 2. The van der Waals surface area contributed by atoms with Crippen LogP contribution in [0.4, 0.5) is 0 Å². The second-order valence-electron chi connectivity index (χ2n) is 3.51. The number of halogens is 1. The van der Waals surface area contributed by atoms with Crippen LogP contribution in [0.15, 0.2) is 16.6 Å². The van der Waals surface area contributed by atoms with E-state index >= 15 is 0 Å². The second kappa shape index (κ2) is 4.86. The van der Waals surface area contributed by atoms with Crippen molar-refractivity contribution in [3.05, 3.63) is 22.2 Å². The van der Waals surface area contributed by atoms with Crippen molar-refractivity contribution in [3.63, 3.8) is 0 Å². The minimum Gasteiger partial charge on any atom is -0.454 e. The number of unbranched alkanes of at least 4 members (excludes halogenated alkanes) is 1. The number of rotatable bonds is 4. The Balaban J connectivity index is 2.17. The van der Waals surface area contributed by atoms with Crippen molar-refractivity contribution in [2.45, 2.75) is 19.3 Å². The van der Waals surface area contributed by atoms with Crippen LogP contribution in [0.2, 0.25) is 0 Å². The molecule has 0 saturated carbocycles. The van der Waals surface area contributed by atoms with Crippen LogP contribution >= 0.6 is 15.9 Å². The molecule has 1 aromatic rings. The fraction of sp³-hybridized carbons (Fsp3) is 0.455. The minimum atomic E-state index is 0.329. The molecular formula is C11H14BrNO2. The van der Waals surface area contributed by atoms with Crippen LogP contribution in [0.25, 0.3) is 0 Å². The van der Waals surface area contributed by atoms with Crippen LogP contribution in [-0.4, -0.2) is 13.3 Å². The molecule has 82 valence electrons. The summed E-state index contributed by atoms with van der Waals surface area (Å²) < 4.78 is 11.9. The average Bonchev–Trinajstić information content (AvgIpc) is 2.69. The maximum atomic E-state index is 5.48. The predicted molar refractivity (Wildman–Crippen MR) is 62.3 cm³/mol. The monoisotopic (exact) mass is 271 g/mol. The molecule has 1 aromatic carbocycles. The predicted octanol–water partition coefficient (Wildman–Crippen LogP) is 2.46. The molecule has 0 aliphatic carbocycles. The van der Waals surface area contributed by atoms with Gasteiger partial charge in [0.2, 0.25) is 6.79 Å². The van der Waals surface area contributed by atoms with Gasteiger partial charge in [-0.2, -0.15) is 0 Å². The van der Waals surface area contributed by atoms with Crippen LogP contribution < -0.4 is 15.2 Å². The zero-order chi connectivity index (χ0) is 10.7. The Labute approximate surface area is 97.7 Å². The Bertz CT molecular complexity index is 355. The van der Waals surface area contributed by atoms with Crippen LogP contribution in [0.5, 0.6) is 11.5 Å². The molecular weight excluding hydrogens is 258 g/mol. The molecule has 2 rings (SSSR count). The molecule has 4 heteroatoms. The van der Waals surface area contributed by atoms with Crippen molar-refractivity contribution in [3.8, 4) is 11.5 Å². The van der Waals surface area contributed by atoms with E-state index in [2.05, 4.69) is 15.9 Å². The first-order valence-corrected chi connectivity index (χ1v) is 5.89. The Hall–Kier alpha value is -0.740. The van der Waals surface area contributed by atoms with Crippen LogP contribution in [0, 0.1) is 0 Å². The highest BCUT2D eigenvalue weighted by molar-refractivity contribution is 9.10. The van der Waals surface area contributed by atoms with E-state index in [-0.39, 0.29) is 0 Å². The molecule has 1 aliphatic heterocycles. The lowest BCUT2D eigenvalue weighted by atomic mass is 10.1. The molecule has 2 N–H and O–H groups in total. The molecule has 0 saturated heterocycles. The summed E-state index contributed by atoms with van der Waals surface area (Å²) in [5.74, 6) is 1.74. The van der Waals surface area contributed by atoms with Crippen LogP contribution in [-0.2, 0) is 6.42 Å². The standard InChI is InChI=1S/C11H14BrNO2/c12-9-4-5-10-11(15-7-14-10)8(9)3-1-2-6-13/h4-5H,1-3,6-7,13H2. The molecule has 0 atom stereocenters. The highest BCUT2D eigenvalue weighted by Crippen LogP contribution is 2.40. The van der Waals surface area contributed by atoms with Crippen molar-refractivity contribution < 1.29 is 9.47 Å². The summed E-state index contributed by atoms with van der Waals surface area (Å²) in [5.41, 5.74) is 6.67. The second-order valence-corrected chi connectivity index (χ2v) is 4.36. The van der Waals surface area contributed by atoms with E-state index in [0.29, 0.717) is 6.79 Å². The van der Waals surface area contributed by atoms with Gasteiger partial charge in [-0.25, -0.2) is 0 Å².